The maximum Gasteiger partial charge on any atom is 0.254 e. The zero-order valence-corrected chi connectivity index (χ0v) is 16.4. The van der Waals surface area contributed by atoms with Gasteiger partial charge in [0.1, 0.15) is 0 Å². The van der Waals surface area contributed by atoms with E-state index in [1.165, 1.54) is 11.3 Å². The Morgan fingerprint density at radius 3 is 2.85 bits per heavy atom. The van der Waals surface area contributed by atoms with E-state index in [4.69, 9.17) is 4.74 Å². The molecule has 0 aromatic carbocycles. The Kier molecular flexibility index (Phi) is 7.15. The summed E-state index contributed by atoms with van der Waals surface area (Å²) in [5.41, 5.74) is 1.97. The van der Waals surface area contributed by atoms with Crippen molar-refractivity contribution in [1.82, 2.24) is 9.47 Å². The first kappa shape index (κ1) is 20.2. The molecule has 2 aromatic heterocycles. The fourth-order valence-electron chi connectivity index (χ4n) is 3.41. The van der Waals surface area contributed by atoms with E-state index in [2.05, 4.69) is 4.90 Å². The summed E-state index contributed by atoms with van der Waals surface area (Å²) in [5.74, 6) is 0. The van der Waals surface area contributed by atoms with Gasteiger partial charge >= 0.3 is 0 Å². The van der Waals surface area contributed by atoms with Crippen LogP contribution in [0.1, 0.15) is 28.8 Å². The first-order chi connectivity index (χ1) is 13.0. The van der Waals surface area contributed by atoms with Crippen LogP contribution in [-0.4, -0.2) is 41.7 Å². The maximum absolute atomic E-state index is 12.4. The number of thiophene rings is 1. The number of nitrogens with zero attached hydrogens (tertiary/aromatic N) is 2. The van der Waals surface area contributed by atoms with Crippen molar-refractivity contribution in [3.05, 3.63) is 56.1 Å². The van der Waals surface area contributed by atoms with Crippen molar-refractivity contribution in [3.63, 3.8) is 0 Å². The molecule has 1 aliphatic rings. The van der Waals surface area contributed by atoms with Gasteiger partial charge in [-0.25, -0.2) is 8.78 Å². The lowest BCUT2D eigenvalue weighted by Crippen LogP contribution is -2.38. The van der Waals surface area contributed by atoms with E-state index in [1.807, 2.05) is 23.6 Å². The third-order valence-corrected chi connectivity index (χ3v) is 5.95. The molecule has 2 aromatic rings. The summed E-state index contributed by atoms with van der Waals surface area (Å²) in [6.45, 7) is 3.14. The molecule has 27 heavy (non-hydrogen) atoms. The molecule has 0 saturated carbocycles. The average Bonchev–Trinajstić information content (AvgIpc) is 3.07. The highest BCUT2D eigenvalue weighted by molar-refractivity contribution is 7.10. The Bertz CT molecular complexity index is 782. The van der Waals surface area contributed by atoms with E-state index in [9.17, 15) is 13.6 Å². The molecule has 1 fully saturated rings. The molecule has 3 heterocycles. The number of pyridine rings is 1. The molecule has 0 spiro atoms. The molecule has 7 heteroatoms. The third-order valence-electron chi connectivity index (χ3n) is 4.94. The first-order valence-corrected chi connectivity index (χ1v) is 10.2. The second-order valence-electron chi connectivity index (χ2n) is 7.06. The van der Waals surface area contributed by atoms with Gasteiger partial charge in [0.15, 0.2) is 0 Å². The van der Waals surface area contributed by atoms with Crippen molar-refractivity contribution < 1.29 is 13.5 Å². The van der Waals surface area contributed by atoms with Crippen LogP contribution >= 0.6 is 11.3 Å². The van der Waals surface area contributed by atoms with Crippen molar-refractivity contribution in [2.24, 2.45) is 7.05 Å². The molecule has 1 saturated heterocycles. The number of aromatic nitrogens is 1. The van der Waals surface area contributed by atoms with Gasteiger partial charge in [0.2, 0.25) is 6.43 Å². The highest BCUT2D eigenvalue weighted by Gasteiger charge is 2.20. The van der Waals surface area contributed by atoms with Gasteiger partial charge in [-0.2, -0.15) is 0 Å². The highest BCUT2D eigenvalue weighted by atomic mass is 32.1. The number of hydrogen-bond acceptors (Lipinski definition) is 4. The Labute approximate surface area is 162 Å². The van der Waals surface area contributed by atoms with E-state index >= 15 is 0 Å². The zero-order chi connectivity index (χ0) is 19.2. The lowest BCUT2D eigenvalue weighted by atomic mass is 10.1. The molecule has 1 aliphatic heterocycles. The summed E-state index contributed by atoms with van der Waals surface area (Å²) in [7, 11) is 1.77. The molecule has 0 bridgehead atoms. The van der Waals surface area contributed by atoms with Crippen LogP contribution < -0.4 is 5.56 Å². The summed E-state index contributed by atoms with van der Waals surface area (Å²) in [6.07, 6.45) is 2.23. The van der Waals surface area contributed by atoms with Crippen molar-refractivity contribution in [2.75, 3.05) is 19.7 Å². The first-order valence-electron chi connectivity index (χ1n) is 9.34. The normalized spacial score (nSPS) is 16.3. The molecule has 4 nitrogen and oxygen atoms in total. The van der Waals surface area contributed by atoms with Crippen LogP contribution in [0.15, 0.2) is 34.6 Å². The summed E-state index contributed by atoms with van der Waals surface area (Å²) < 4.78 is 32.4. The third kappa shape index (κ3) is 5.96. The van der Waals surface area contributed by atoms with Gasteiger partial charge in [-0.3, -0.25) is 9.69 Å². The van der Waals surface area contributed by atoms with Crippen molar-refractivity contribution in [2.45, 2.75) is 44.8 Å². The largest absolute Gasteiger partial charge is 0.378 e. The SMILES string of the molecule is Cn1cccc(CN2CCC(OCCc3csc(CC(F)F)c3)CC2)c1=O. The monoisotopic (exact) mass is 396 g/mol. The fraction of sp³-hybridized carbons (Fsp3) is 0.550. The van der Waals surface area contributed by atoms with Crippen LogP contribution in [0.2, 0.25) is 0 Å². The van der Waals surface area contributed by atoms with Gasteiger partial charge in [-0.05, 0) is 42.3 Å². The summed E-state index contributed by atoms with van der Waals surface area (Å²) >= 11 is 1.40. The molecule has 0 amide bonds. The molecular weight excluding hydrogens is 370 g/mol. The topological polar surface area (TPSA) is 34.5 Å². The predicted molar refractivity (Wildman–Crippen MR) is 104 cm³/mol. The van der Waals surface area contributed by atoms with E-state index in [1.54, 1.807) is 17.8 Å². The van der Waals surface area contributed by atoms with E-state index < -0.39 is 6.43 Å². The molecule has 3 rings (SSSR count). The van der Waals surface area contributed by atoms with Crippen LogP contribution in [0.4, 0.5) is 8.78 Å². The minimum atomic E-state index is -2.28. The van der Waals surface area contributed by atoms with E-state index in [0.29, 0.717) is 13.2 Å². The fourth-order valence-corrected chi connectivity index (χ4v) is 4.34. The molecule has 0 aliphatic carbocycles. The second kappa shape index (κ2) is 9.57. The van der Waals surface area contributed by atoms with Gasteiger partial charge in [0, 0.05) is 49.7 Å². The smallest absolute Gasteiger partial charge is 0.254 e. The zero-order valence-electron chi connectivity index (χ0n) is 15.6. The van der Waals surface area contributed by atoms with Gasteiger partial charge in [0.25, 0.3) is 5.56 Å². The summed E-state index contributed by atoms with van der Waals surface area (Å²) in [5, 5.41) is 1.95. The van der Waals surface area contributed by atoms with Crippen LogP contribution in [0.5, 0.6) is 0 Å². The van der Waals surface area contributed by atoms with Crippen molar-refractivity contribution in [3.8, 4) is 0 Å². The lowest BCUT2D eigenvalue weighted by Gasteiger charge is -2.31. The number of alkyl halides is 2. The van der Waals surface area contributed by atoms with Crippen molar-refractivity contribution >= 4 is 11.3 Å². The predicted octanol–water partition coefficient (Wildman–Crippen LogP) is 3.48. The minimum absolute atomic E-state index is 0.0675. The van der Waals surface area contributed by atoms with Crippen LogP contribution in [0, 0.1) is 0 Å². The molecule has 0 unspecified atom stereocenters. The number of piperidine rings is 1. The molecule has 0 atom stereocenters. The number of hydrogen-bond donors (Lipinski definition) is 0. The van der Waals surface area contributed by atoms with Gasteiger partial charge < -0.3 is 9.30 Å². The Hall–Kier alpha value is -1.57. The molecular formula is C20H26F2N2O2S. The number of rotatable bonds is 8. The maximum atomic E-state index is 12.4. The van der Waals surface area contributed by atoms with E-state index in [-0.39, 0.29) is 18.1 Å². The number of halogens is 2. The number of aryl methyl sites for hydroxylation is 1. The van der Waals surface area contributed by atoms with Gasteiger partial charge in [-0.1, -0.05) is 6.07 Å². The quantitative estimate of drug-likeness (QED) is 0.685. The number of likely N-dealkylation sites (tertiary alicyclic amines) is 1. The second-order valence-corrected chi connectivity index (χ2v) is 8.06. The van der Waals surface area contributed by atoms with E-state index in [0.717, 1.165) is 48.4 Å². The van der Waals surface area contributed by atoms with Gasteiger partial charge in [-0.15, -0.1) is 11.3 Å². The standard InChI is InChI=1S/C20H26F2N2O2S/c1-23-7-2-3-16(20(23)25)13-24-8-4-17(5-9-24)26-10-6-15-11-18(27-14-15)12-19(21)22/h2-3,7,11,14,17,19H,4-6,8-10,12-13H2,1H3. The summed E-state index contributed by atoms with van der Waals surface area (Å²) in [4.78, 5) is 15.1. The van der Waals surface area contributed by atoms with Crippen LogP contribution in [0.3, 0.4) is 0 Å². The lowest BCUT2D eigenvalue weighted by molar-refractivity contribution is 0.00732. The molecule has 0 radical (unpaired) electrons. The Morgan fingerprint density at radius 1 is 1.33 bits per heavy atom. The van der Waals surface area contributed by atoms with Crippen LogP contribution in [0.25, 0.3) is 0 Å². The van der Waals surface area contributed by atoms with Crippen molar-refractivity contribution in [1.29, 1.82) is 0 Å². The Morgan fingerprint density at radius 2 is 2.11 bits per heavy atom. The molecule has 0 N–H and O–H groups in total. The molecule has 148 valence electrons. The minimum Gasteiger partial charge on any atom is -0.378 e. The highest BCUT2D eigenvalue weighted by Crippen LogP contribution is 2.20. The van der Waals surface area contributed by atoms with Crippen LogP contribution in [-0.2, 0) is 31.2 Å². The average molecular weight is 397 g/mol. The summed E-state index contributed by atoms with van der Waals surface area (Å²) in [6, 6.07) is 5.67. The number of ether oxygens (including phenoxy) is 1. The Balaban J connectivity index is 1.38. The van der Waals surface area contributed by atoms with Gasteiger partial charge in [0.05, 0.1) is 12.7 Å².